The van der Waals surface area contributed by atoms with Crippen molar-refractivity contribution >= 4 is 11.8 Å². The molecule has 1 aromatic carbocycles. The van der Waals surface area contributed by atoms with Crippen LogP contribution in [0.1, 0.15) is 63.0 Å². The molecule has 4 aliphatic rings. The second-order valence-electron chi connectivity index (χ2n) is 9.35. The van der Waals surface area contributed by atoms with E-state index in [2.05, 4.69) is 31.2 Å². The fourth-order valence-electron chi connectivity index (χ4n) is 7.38. The minimum atomic E-state index is -0.973. The summed E-state index contributed by atoms with van der Waals surface area (Å²) in [6.07, 6.45) is 9.58. The first kappa shape index (κ1) is 18.0. The first-order chi connectivity index (χ1) is 13.4. The quantitative estimate of drug-likeness (QED) is 0.715. The molecule has 0 saturated heterocycles. The van der Waals surface area contributed by atoms with Crippen LogP contribution in [-0.4, -0.2) is 24.5 Å². The molecule has 0 N–H and O–H groups in total. The predicted octanol–water partition coefficient (Wildman–Crippen LogP) is 4.36. The minimum Gasteiger partial charge on any atom is -0.497 e. The molecular weight excluding hydrogens is 352 g/mol. The number of ketones is 1. The van der Waals surface area contributed by atoms with Crippen LogP contribution in [0.25, 0.3) is 0 Å². The average molecular weight is 380 g/mol. The van der Waals surface area contributed by atoms with Gasteiger partial charge in [-0.3, -0.25) is 9.59 Å². The van der Waals surface area contributed by atoms with Crippen molar-refractivity contribution in [2.24, 2.45) is 16.7 Å². The topological polar surface area (TPSA) is 52.6 Å². The van der Waals surface area contributed by atoms with Gasteiger partial charge in [-0.15, -0.1) is 0 Å². The van der Waals surface area contributed by atoms with Gasteiger partial charge < -0.3 is 9.47 Å². The number of esters is 1. The summed E-state index contributed by atoms with van der Waals surface area (Å²) in [4.78, 5) is 25.0. The number of carbonyl (C=O) groups is 2. The van der Waals surface area contributed by atoms with E-state index in [1.165, 1.54) is 18.1 Å². The van der Waals surface area contributed by atoms with Crippen molar-refractivity contribution in [3.05, 3.63) is 41.5 Å². The first-order valence-corrected chi connectivity index (χ1v) is 10.5. The van der Waals surface area contributed by atoms with Gasteiger partial charge in [-0.25, -0.2) is 0 Å². The third-order valence-electron chi connectivity index (χ3n) is 8.63. The zero-order valence-electron chi connectivity index (χ0n) is 16.9. The van der Waals surface area contributed by atoms with Crippen LogP contribution in [0.15, 0.2) is 30.4 Å². The second-order valence-corrected chi connectivity index (χ2v) is 9.35. The maximum absolute atomic E-state index is 13.0. The Balaban J connectivity index is 1.61. The number of ether oxygens (including phenoxy) is 2. The van der Waals surface area contributed by atoms with Crippen LogP contribution in [-0.2, 0) is 20.7 Å². The van der Waals surface area contributed by atoms with Gasteiger partial charge in [-0.2, -0.15) is 0 Å². The van der Waals surface area contributed by atoms with E-state index in [-0.39, 0.29) is 22.6 Å². The molecule has 2 saturated carbocycles. The molecule has 0 spiro atoms. The highest BCUT2D eigenvalue weighted by atomic mass is 16.6. The maximum atomic E-state index is 13.0. The Morgan fingerprint density at radius 2 is 2.00 bits per heavy atom. The highest BCUT2D eigenvalue weighted by Crippen LogP contribution is 2.74. The van der Waals surface area contributed by atoms with Gasteiger partial charge in [0.25, 0.3) is 0 Å². The van der Waals surface area contributed by atoms with E-state index in [1.54, 1.807) is 13.2 Å². The van der Waals surface area contributed by atoms with E-state index in [1.807, 2.05) is 0 Å². The Kier molecular flexibility index (Phi) is 3.66. The lowest BCUT2D eigenvalue weighted by atomic mass is 9.44. The van der Waals surface area contributed by atoms with Crippen molar-refractivity contribution in [2.75, 3.05) is 7.11 Å². The van der Waals surface area contributed by atoms with Crippen LogP contribution in [0.4, 0.5) is 0 Å². The standard InChI is InChI=1S/C24H28O4/c1-15(25)28-24-13-12-23(11-9-21(24)26)20-7-4-16-14-17(27-3)5-6-18(16)19(20)8-10-22(23,24)2/h5-6,9,11,14,19-20H,4,7-8,10,12-13H2,1-3H3/t19-,20-,22+,23-,24+/m1/s1. The number of hydrogen-bond acceptors (Lipinski definition) is 4. The lowest BCUT2D eigenvalue weighted by Crippen LogP contribution is -2.62. The molecule has 1 aromatic rings. The average Bonchev–Trinajstić information content (AvgIpc) is 2.84. The molecule has 0 radical (unpaired) electrons. The van der Waals surface area contributed by atoms with Gasteiger partial charge in [0.1, 0.15) is 5.75 Å². The lowest BCUT2D eigenvalue weighted by molar-refractivity contribution is -0.190. The molecule has 0 unspecified atom stereocenters. The van der Waals surface area contributed by atoms with Crippen LogP contribution < -0.4 is 4.74 Å². The van der Waals surface area contributed by atoms with Crippen LogP contribution in [0, 0.1) is 16.7 Å². The monoisotopic (exact) mass is 380 g/mol. The number of fused-ring (bicyclic) bond motifs is 3. The molecule has 5 atom stereocenters. The highest BCUT2D eigenvalue weighted by molar-refractivity contribution is 6.01. The van der Waals surface area contributed by atoms with Crippen LogP contribution in [0.2, 0.25) is 0 Å². The first-order valence-electron chi connectivity index (χ1n) is 10.5. The normalized spacial score (nSPS) is 40.3. The minimum absolute atomic E-state index is 0.0160. The summed E-state index contributed by atoms with van der Waals surface area (Å²) in [6, 6.07) is 6.51. The van der Waals surface area contributed by atoms with Gasteiger partial charge >= 0.3 is 5.97 Å². The molecule has 0 aromatic heterocycles. The number of benzene rings is 1. The smallest absolute Gasteiger partial charge is 0.303 e. The molecular formula is C24H28O4. The summed E-state index contributed by atoms with van der Waals surface area (Å²) in [5.41, 5.74) is 1.49. The second kappa shape index (κ2) is 5.71. The Hall–Kier alpha value is -2.10. The molecule has 4 aliphatic carbocycles. The van der Waals surface area contributed by atoms with Gasteiger partial charge in [-0.05, 0) is 79.7 Å². The van der Waals surface area contributed by atoms with Crippen molar-refractivity contribution in [3.8, 4) is 5.75 Å². The van der Waals surface area contributed by atoms with Gasteiger partial charge in [-0.1, -0.05) is 19.1 Å². The zero-order valence-corrected chi connectivity index (χ0v) is 16.9. The van der Waals surface area contributed by atoms with Gasteiger partial charge in [0.2, 0.25) is 0 Å². The molecule has 2 fully saturated rings. The van der Waals surface area contributed by atoms with E-state index in [4.69, 9.17) is 9.47 Å². The Morgan fingerprint density at radius 3 is 2.75 bits per heavy atom. The molecule has 4 nitrogen and oxygen atoms in total. The largest absolute Gasteiger partial charge is 0.497 e. The molecule has 0 amide bonds. The molecule has 148 valence electrons. The molecule has 28 heavy (non-hydrogen) atoms. The van der Waals surface area contributed by atoms with E-state index in [0.717, 1.165) is 37.9 Å². The number of methoxy groups -OCH3 is 1. The number of rotatable bonds is 2. The number of allylic oxidation sites excluding steroid dienone is 1. The van der Waals surface area contributed by atoms with Gasteiger partial charge in [0.15, 0.2) is 11.4 Å². The summed E-state index contributed by atoms with van der Waals surface area (Å²) >= 11 is 0. The Bertz CT molecular complexity index is 902. The molecule has 4 heteroatoms. The summed E-state index contributed by atoms with van der Waals surface area (Å²) < 4.78 is 11.3. The highest BCUT2D eigenvalue weighted by Gasteiger charge is 2.74. The number of hydrogen-bond donors (Lipinski definition) is 0. The van der Waals surface area contributed by atoms with E-state index >= 15 is 0 Å². The van der Waals surface area contributed by atoms with Crippen molar-refractivity contribution in [1.29, 1.82) is 0 Å². The molecule has 5 rings (SSSR count). The summed E-state index contributed by atoms with van der Waals surface area (Å²) in [5, 5.41) is 0. The zero-order chi connectivity index (χ0) is 19.7. The van der Waals surface area contributed by atoms with E-state index in [9.17, 15) is 9.59 Å². The van der Waals surface area contributed by atoms with Crippen LogP contribution in [0.3, 0.4) is 0 Å². The summed E-state index contributed by atoms with van der Waals surface area (Å²) in [7, 11) is 1.72. The van der Waals surface area contributed by atoms with Crippen molar-refractivity contribution in [2.45, 2.75) is 63.9 Å². The fourth-order valence-corrected chi connectivity index (χ4v) is 7.38. The third kappa shape index (κ3) is 1.96. The fraction of sp³-hybridized carbons (Fsp3) is 0.583. The number of carbonyl (C=O) groups excluding carboxylic acids is 2. The van der Waals surface area contributed by atoms with Crippen molar-refractivity contribution in [3.63, 3.8) is 0 Å². The van der Waals surface area contributed by atoms with E-state index in [0.29, 0.717) is 18.3 Å². The van der Waals surface area contributed by atoms with Crippen molar-refractivity contribution in [1.82, 2.24) is 0 Å². The Labute approximate surface area is 166 Å². The van der Waals surface area contributed by atoms with E-state index < -0.39 is 5.60 Å². The third-order valence-corrected chi connectivity index (χ3v) is 8.63. The van der Waals surface area contributed by atoms with Crippen LogP contribution >= 0.6 is 0 Å². The van der Waals surface area contributed by atoms with Crippen LogP contribution in [0.5, 0.6) is 5.75 Å². The predicted molar refractivity (Wildman–Crippen MR) is 105 cm³/mol. The Morgan fingerprint density at radius 1 is 1.18 bits per heavy atom. The summed E-state index contributed by atoms with van der Waals surface area (Å²) in [6.45, 7) is 3.64. The van der Waals surface area contributed by atoms with Gasteiger partial charge in [0, 0.05) is 17.8 Å². The summed E-state index contributed by atoms with van der Waals surface area (Å²) in [5.74, 6) is 1.54. The number of aryl methyl sites for hydroxylation is 1. The lowest BCUT2D eigenvalue weighted by Gasteiger charge is -2.60. The molecule has 0 heterocycles. The van der Waals surface area contributed by atoms with Crippen molar-refractivity contribution < 1.29 is 19.1 Å². The SMILES string of the molecule is COc1ccc2c(c1)CC[C@@H]1[C@@H]2CC[C@]2(C)[C@]3(OC(C)=O)CC[C@]12C=CC3=O. The molecule has 2 bridgehead atoms. The molecule has 0 aliphatic heterocycles. The maximum Gasteiger partial charge on any atom is 0.303 e. The van der Waals surface area contributed by atoms with Gasteiger partial charge in [0.05, 0.1) is 7.11 Å².